The van der Waals surface area contributed by atoms with Crippen LogP contribution in [0.15, 0.2) is 0 Å². The predicted octanol–water partition coefficient (Wildman–Crippen LogP) is 1.57. The van der Waals surface area contributed by atoms with Crippen molar-refractivity contribution in [3.63, 3.8) is 0 Å². The van der Waals surface area contributed by atoms with Gasteiger partial charge < -0.3 is 5.11 Å². The number of tetrazole rings is 1. The Morgan fingerprint density at radius 2 is 2.29 bits per heavy atom. The van der Waals surface area contributed by atoms with E-state index in [9.17, 15) is 4.79 Å². The number of hydrogen-bond acceptors (Lipinski definition) is 7. The molecule has 2 aromatic heterocycles. The number of aryl methyl sites for hydroxylation is 1. The zero-order valence-corrected chi connectivity index (χ0v) is 12.5. The highest BCUT2D eigenvalue weighted by Crippen LogP contribution is 2.42. The molecule has 2 aromatic rings. The van der Waals surface area contributed by atoms with Gasteiger partial charge in [0.2, 0.25) is 0 Å². The maximum absolute atomic E-state index is 11.1. The highest BCUT2D eigenvalue weighted by molar-refractivity contribution is 7.09. The first-order valence-electron chi connectivity index (χ1n) is 7.02. The van der Waals surface area contributed by atoms with Gasteiger partial charge in [0, 0.05) is 0 Å². The Morgan fingerprint density at radius 3 is 2.95 bits per heavy atom. The fourth-order valence-electron chi connectivity index (χ4n) is 2.46. The predicted molar refractivity (Wildman–Crippen MR) is 74.7 cm³/mol. The molecule has 0 aromatic carbocycles. The van der Waals surface area contributed by atoms with Gasteiger partial charge in [0.1, 0.15) is 4.88 Å². The lowest BCUT2D eigenvalue weighted by molar-refractivity contribution is -0.138. The summed E-state index contributed by atoms with van der Waals surface area (Å²) in [5.41, 5.74) is 0.878. The molecule has 1 saturated carbocycles. The molecular weight excluding hydrogens is 292 g/mol. The van der Waals surface area contributed by atoms with E-state index in [4.69, 9.17) is 5.11 Å². The van der Waals surface area contributed by atoms with Gasteiger partial charge in [0.25, 0.3) is 0 Å². The third-order valence-electron chi connectivity index (χ3n) is 3.60. The lowest BCUT2D eigenvalue weighted by Gasteiger charge is -2.15. The largest absolute Gasteiger partial charge is 0.481 e. The topological polar surface area (TPSA) is 107 Å². The summed E-state index contributed by atoms with van der Waals surface area (Å²) in [7, 11) is 0. The fourth-order valence-corrected chi connectivity index (χ4v) is 3.14. The van der Waals surface area contributed by atoms with Crippen LogP contribution in [-0.4, -0.2) is 40.9 Å². The maximum Gasteiger partial charge on any atom is 0.305 e. The normalized spacial score (nSPS) is 16.0. The van der Waals surface area contributed by atoms with E-state index in [1.165, 1.54) is 11.5 Å². The molecule has 1 aliphatic rings. The number of aliphatic carboxylic acids is 1. The average Bonchev–Trinajstić information content (AvgIpc) is 2.99. The third kappa shape index (κ3) is 2.92. The van der Waals surface area contributed by atoms with Crippen molar-refractivity contribution in [1.82, 2.24) is 29.8 Å². The number of nitrogens with zero attached hydrogens (tertiary/aromatic N) is 6. The molecule has 0 radical (unpaired) electrons. The van der Waals surface area contributed by atoms with Gasteiger partial charge in [0.05, 0.1) is 18.2 Å². The van der Waals surface area contributed by atoms with Crippen molar-refractivity contribution in [3.05, 3.63) is 5.69 Å². The number of carbonyl (C=O) groups is 1. The van der Waals surface area contributed by atoms with Crippen LogP contribution < -0.4 is 0 Å². The standard InChI is InChI=1S/C12H16N6O2S/c1-2-3-8-11(21-17-13-8)12-14-15-16-18(12)9(6-10(19)20)7-4-5-7/h7,9H,2-6H2,1H3,(H,19,20). The molecule has 0 bridgehead atoms. The SMILES string of the molecule is CCCc1nnsc1-c1nnnn1C(CC(=O)O)C1CC1. The first kappa shape index (κ1) is 14.1. The van der Waals surface area contributed by atoms with E-state index in [1.54, 1.807) is 4.68 Å². The van der Waals surface area contributed by atoms with E-state index < -0.39 is 5.97 Å². The van der Waals surface area contributed by atoms with Crippen LogP contribution in [0, 0.1) is 5.92 Å². The Hall–Kier alpha value is -1.90. The first-order chi connectivity index (χ1) is 10.2. The number of aromatic nitrogens is 6. The van der Waals surface area contributed by atoms with E-state index in [1.807, 2.05) is 0 Å². The van der Waals surface area contributed by atoms with Crippen LogP contribution in [0.1, 0.15) is 44.3 Å². The van der Waals surface area contributed by atoms with Crippen LogP contribution >= 0.6 is 11.5 Å². The zero-order chi connectivity index (χ0) is 14.8. The molecule has 0 spiro atoms. The van der Waals surface area contributed by atoms with Crippen LogP contribution in [0.4, 0.5) is 0 Å². The van der Waals surface area contributed by atoms with Crippen LogP contribution in [0.2, 0.25) is 0 Å². The molecule has 2 heterocycles. The lowest BCUT2D eigenvalue weighted by atomic mass is 10.1. The Bertz CT molecular complexity index is 635. The molecule has 1 unspecified atom stereocenters. The Morgan fingerprint density at radius 1 is 1.48 bits per heavy atom. The molecule has 3 rings (SSSR count). The maximum atomic E-state index is 11.1. The molecule has 1 N–H and O–H groups in total. The lowest BCUT2D eigenvalue weighted by Crippen LogP contribution is -2.18. The Kier molecular flexibility index (Phi) is 3.91. The van der Waals surface area contributed by atoms with E-state index in [0.29, 0.717) is 11.7 Å². The molecule has 1 fully saturated rings. The third-order valence-corrected chi connectivity index (χ3v) is 4.37. The number of hydrogen-bond donors (Lipinski definition) is 1. The van der Waals surface area contributed by atoms with Gasteiger partial charge in [-0.25, -0.2) is 4.68 Å². The van der Waals surface area contributed by atoms with Crippen LogP contribution in [0.5, 0.6) is 0 Å². The van der Waals surface area contributed by atoms with Crippen LogP contribution in [-0.2, 0) is 11.2 Å². The summed E-state index contributed by atoms with van der Waals surface area (Å²) in [5, 5.41) is 25.1. The van der Waals surface area contributed by atoms with E-state index in [0.717, 1.165) is 36.3 Å². The van der Waals surface area contributed by atoms with Gasteiger partial charge in [-0.2, -0.15) is 0 Å². The highest BCUT2D eigenvalue weighted by atomic mass is 32.1. The molecule has 0 aliphatic heterocycles. The molecule has 9 heteroatoms. The average molecular weight is 308 g/mol. The van der Waals surface area contributed by atoms with Gasteiger partial charge in [-0.1, -0.05) is 17.8 Å². The summed E-state index contributed by atoms with van der Waals surface area (Å²) < 4.78 is 5.64. The molecule has 112 valence electrons. The zero-order valence-electron chi connectivity index (χ0n) is 11.6. The van der Waals surface area contributed by atoms with E-state index >= 15 is 0 Å². The molecular formula is C12H16N6O2S. The molecule has 21 heavy (non-hydrogen) atoms. The Balaban J connectivity index is 1.95. The minimum Gasteiger partial charge on any atom is -0.481 e. The number of carboxylic acids is 1. The van der Waals surface area contributed by atoms with Crippen LogP contribution in [0.3, 0.4) is 0 Å². The van der Waals surface area contributed by atoms with Crippen molar-refractivity contribution in [2.24, 2.45) is 5.92 Å². The summed E-state index contributed by atoms with van der Waals surface area (Å²) in [6.07, 6.45) is 3.87. The summed E-state index contributed by atoms with van der Waals surface area (Å²) in [6, 6.07) is -0.191. The highest BCUT2D eigenvalue weighted by Gasteiger charge is 2.37. The molecule has 8 nitrogen and oxygen atoms in total. The second-order valence-corrected chi connectivity index (χ2v) is 6.00. The van der Waals surface area contributed by atoms with Gasteiger partial charge in [-0.3, -0.25) is 4.79 Å². The van der Waals surface area contributed by atoms with Crippen molar-refractivity contribution in [2.75, 3.05) is 0 Å². The summed E-state index contributed by atoms with van der Waals surface area (Å²) in [4.78, 5) is 11.9. The van der Waals surface area contributed by atoms with Crippen molar-refractivity contribution in [1.29, 1.82) is 0 Å². The van der Waals surface area contributed by atoms with E-state index in [2.05, 4.69) is 32.0 Å². The monoisotopic (exact) mass is 308 g/mol. The van der Waals surface area contributed by atoms with Crippen molar-refractivity contribution in [2.45, 2.75) is 45.1 Å². The van der Waals surface area contributed by atoms with Crippen molar-refractivity contribution >= 4 is 17.5 Å². The molecule has 0 saturated heterocycles. The molecule has 0 amide bonds. The smallest absolute Gasteiger partial charge is 0.305 e. The minimum absolute atomic E-state index is 0.0397. The van der Waals surface area contributed by atoms with Crippen molar-refractivity contribution < 1.29 is 9.90 Å². The number of rotatable bonds is 7. The Labute approximate surface area is 125 Å². The summed E-state index contributed by atoms with van der Waals surface area (Å²) in [6.45, 7) is 2.07. The minimum atomic E-state index is -0.829. The number of carboxylic acid groups (broad SMARTS) is 1. The molecule has 1 aliphatic carbocycles. The van der Waals surface area contributed by atoms with Gasteiger partial charge in [-0.05, 0) is 47.1 Å². The first-order valence-corrected chi connectivity index (χ1v) is 7.79. The van der Waals surface area contributed by atoms with Crippen LogP contribution in [0.25, 0.3) is 10.7 Å². The molecule has 1 atom stereocenters. The fraction of sp³-hybridized carbons (Fsp3) is 0.667. The van der Waals surface area contributed by atoms with E-state index in [-0.39, 0.29) is 12.5 Å². The van der Waals surface area contributed by atoms with Crippen molar-refractivity contribution in [3.8, 4) is 10.7 Å². The summed E-state index contributed by atoms with van der Waals surface area (Å²) in [5.74, 6) is 0.106. The quantitative estimate of drug-likeness (QED) is 0.827. The van der Waals surface area contributed by atoms with Gasteiger partial charge in [-0.15, -0.1) is 10.2 Å². The van der Waals surface area contributed by atoms with Gasteiger partial charge in [0.15, 0.2) is 5.82 Å². The second kappa shape index (κ2) is 5.84. The second-order valence-electron chi connectivity index (χ2n) is 5.25. The summed E-state index contributed by atoms with van der Waals surface area (Å²) >= 11 is 1.26. The van der Waals surface area contributed by atoms with Gasteiger partial charge >= 0.3 is 5.97 Å².